The third kappa shape index (κ3) is 3.60. The van der Waals surface area contributed by atoms with Crippen molar-refractivity contribution in [3.05, 3.63) is 20.8 Å². The van der Waals surface area contributed by atoms with Crippen LogP contribution in [0, 0.1) is 0 Å². The van der Waals surface area contributed by atoms with Crippen LogP contribution in [0.4, 0.5) is 0 Å². The molecule has 0 bridgehead atoms. The lowest BCUT2D eigenvalue weighted by atomic mass is 10.2. The maximum absolute atomic E-state index is 12.6. The average molecular weight is 382 g/mol. The van der Waals surface area contributed by atoms with Crippen LogP contribution in [0.3, 0.4) is 0 Å². The third-order valence-corrected chi connectivity index (χ3v) is 6.83. The molecule has 1 fully saturated rings. The lowest BCUT2D eigenvalue weighted by Crippen LogP contribution is -2.42. The zero-order valence-corrected chi connectivity index (χ0v) is 14.3. The van der Waals surface area contributed by atoms with Crippen LogP contribution in [-0.4, -0.2) is 57.0 Å². The highest BCUT2D eigenvalue weighted by Crippen LogP contribution is 2.27. The molecule has 2 heterocycles. The molecule has 1 atom stereocenters. The van der Waals surface area contributed by atoms with Gasteiger partial charge in [0.25, 0.3) is 5.91 Å². The Labute approximate surface area is 131 Å². The van der Waals surface area contributed by atoms with Crippen LogP contribution in [0.1, 0.15) is 16.1 Å². The summed E-state index contributed by atoms with van der Waals surface area (Å²) in [6.45, 7) is 0.797. The monoisotopic (exact) mass is 381 g/mol. The second kappa shape index (κ2) is 6.55. The number of amides is 1. The molecule has 1 aliphatic heterocycles. The van der Waals surface area contributed by atoms with Crippen molar-refractivity contribution in [3.63, 3.8) is 0 Å². The summed E-state index contributed by atoms with van der Waals surface area (Å²) in [6, 6.07) is 1.56. The summed E-state index contributed by atoms with van der Waals surface area (Å²) in [6.07, 6.45) is 0.501. The van der Waals surface area contributed by atoms with Gasteiger partial charge in [-0.2, -0.15) is 0 Å². The molecule has 5 nitrogen and oxygen atoms in total. The van der Waals surface area contributed by atoms with E-state index in [0.717, 1.165) is 4.47 Å². The second-order valence-corrected chi connectivity index (χ2v) is 8.65. The molecular weight excluding hydrogens is 366 g/mol. The molecule has 20 heavy (non-hydrogen) atoms. The van der Waals surface area contributed by atoms with Crippen LogP contribution < -0.4 is 0 Å². The van der Waals surface area contributed by atoms with Gasteiger partial charge in [0.2, 0.25) is 0 Å². The van der Waals surface area contributed by atoms with E-state index in [2.05, 4.69) is 15.9 Å². The second-order valence-electron chi connectivity index (χ2n) is 4.65. The molecule has 2 rings (SSSR count). The first kappa shape index (κ1) is 15.9. The van der Waals surface area contributed by atoms with Crippen molar-refractivity contribution in [1.82, 2.24) is 4.90 Å². The van der Waals surface area contributed by atoms with Crippen LogP contribution in [0.5, 0.6) is 0 Å². The number of halogens is 1. The highest BCUT2D eigenvalue weighted by molar-refractivity contribution is 9.10. The standard InChI is InChI=1S/C12H16BrNO4S2/c1-18-5-4-14(9-3-7-20(16,17)8-9)12(15)11-10(13)2-6-19-11/h2,6,9H,3-5,7-8H2,1H3. The minimum atomic E-state index is -3.02. The lowest BCUT2D eigenvalue weighted by molar-refractivity contribution is 0.0628. The molecule has 1 saturated heterocycles. The van der Waals surface area contributed by atoms with E-state index in [1.54, 1.807) is 12.0 Å². The SMILES string of the molecule is COCCN(C(=O)c1sccc1Br)C1CCS(=O)(=O)C1. The zero-order valence-electron chi connectivity index (χ0n) is 11.0. The van der Waals surface area contributed by atoms with E-state index >= 15 is 0 Å². The van der Waals surface area contributed by atoms with Crippen LogP contribution in [0.15, 0.2) is 15.9 Å². The Morgan fingerprint density at radius 1 is 1.60 bits per heavy atom. The Morgan fingerprint density at radius 3 is 2.85 bits per heavy atom. The van der Waals surface area contributed by atoms with E-state index in [4.69, 9.17) is 4.74 Å². The van der Waals surface area contributed by atoms with Crippen LogP contribution in [0.25, 0.3) is 0 Å². The molecular formula is C12H16BrNO4S2. The van der Waals surface area contributed by atoms with Crippen LogP contribution in [0.2, 0.25) is 0 Å². The van der Waals surface area contributed by atoms with Crippen molar-refractivity contribution in [2.45, 2.75) is 12.5 Å². The number of carbonyl (C=O) groups excluding carboxylic acids is 1. The number of ether oxygens (including phenoxy) is 1. The predicted molar refractivity (Wildman–Crippen MR) is 82.0 cm³/mol. The number of rotatable bonds is 5. The third-order valence-electron chi connectivity index (χ3n) is 3.26. The van der Waals surface area contributed by atoms with Crippen molar-refractivity contribution >= 4 is 43.0 Å². The number of hydrogen-bond acceptors (Lipinski definition) is 5. The zero-order chi connectivity index (χ0) is 14.8. The van der Waals surface area contributed by atoms with Gasteiger partial charge in [0.1, 0.15) is 4.88 Å². The fraction of sp³-hybridized carbons (Fsp3) is 0.583. The predicted octanol–water partition coefficient (Wildman–Crippen LogP) is 1.79. The van der Waals surface area contributed by atoms with Crippen molar-refractivity contribution in [3.8, 4) is 0 Å². The van der Waals surface area contributed by atoms with E-state index in [-0.39, 0.29) is 23.5 Å². The van der Waals surface area contributed by atoms with Gasteiger partial charge in [0.05, 0.1) is 18.1 Å². The minimum absolute atomic E-state index is 0.0471. The summed E-state index contributed by atoms with van der Waals surface area (Å²) in [5.74, 6) is 0.0666. The smallest absolute Gasteiger partial charge is 0.265 e. The number of hydrogen-bond donors (Lipinski definition) is 0. The quantitative estimate of drug-likeness (QED) is 0.779. The van der Waals surface area contributed by atoms with E-state index in [0.29, 0.717) is 24.4 Å². The van der Waals surface area contributed by atoms with Crippen molar-refractivity contribution in [2.24, 2.45) is 0 Å². The van der Waals surface area contributed by atoms with Gasteiger partial charge >= 0.3 is 0 Å². The minimum Gasteiger partial charge on any atom is -0.383 e. The average Bonchev–Trinajstić information content (AvgIpc) is 2.95. The molecule has 8 heteroatoms. The molecule has 0 N–H and O–H groups in total. The fourth-order valence-electron chi connectivity index (χ4n) is 2.24. The molecule has 0 aliphatic carbocycles. The van der Waals surface area contributed by atoms with Gasteiger partial charge in [-0.1, -0.05) is 0 Å². The summed E-state index contributed by atoms with van der Waals surface area (Å²) in [4.78, 5) is 14.8. The van der Waals surface area contributed by atoms with E-state index in [1.165, 1.54) is 11.3 Å². The molecule has 0 aromatic carbocycles. The number of thiophene rings is 1. The first-order valence-electron chi connectivity index (χ1n) is 6.18. The van der Waals surface area contributed by atoms with Gasteiger partial charge in [-0.25, -0.2) is 8.42 Å². The number of methoxy groups -OCH3 is 1. The van der Waals surface area contributed by atoms with E-state index in [1.807, 2.05) is 11.4 Å². The topological polar surface area (TPSA) is 63.7 Å². The summed E-state index contributed by atoms with van der Waals surface area (Å²) in [5.41, 5.74) is 0. The first-order chi connectivity index (χ1) is 9.44. The van der Waals surface area contributed by atoms with Gasteiger partial charge in [0, 0.05) is 24.2 Å². The maximum atomic E-state index is 12.6. The molecule has 0 spiro atoms. The summed E-state index contributed by atoms with van der Waals surface area (Å²) in [7, 11) is -1.46. The van der Waals surface area contributed by atoms with Gasteiger partial charge in [-0.05, 0) is 33.8 Å². The molecule has 1 aromatic heterocycles. The van der Waals surface area contributed by atoms with Crippen LogP contribution >= 0.6 is 27.3 Å². The van der Waals surface area contributed by atoms with Gasteiger partial charge in [-0.3, -0.25) is 4.79 Å². The number of carbonyl (C=O) groups is 1. The fourth-order valence-corrected chi connectivity index (χ4v) is 5.46. The van der Waals surface area contributed by atoms with Gasteiger partial charge in [0.15, 0.2) is 9.84 Å². The summed E-state index contributed by atoms with van der Waals surface area (Å²) >= 11 is 4.70. The summed E-state index contributed by atoms with van der Waals surface area (Å²) < 4.78 is 29.0. The Bertz CT molecular complexity index is 584. The molecule has 0 saturated carbocycles. The van der Waals surface area contributed by atoms with E-state index in [9.17, 15) is 13.2 Å². The normalized spacial score (nSPS) is 21.0. The molecule has 1 unspecified atom stereocenters. The maximum Gasteiger partial charge on any atom is 0.265 e. The van der Waals surface area contributed by atoms with Crippen LogP contribution in [-0.2, 0) is 14.6 Å². The van der Waals surface area contributed by atoms with Gasteiger partial charge in [-0.15, -0.1) is 11.3 Å². The molecule has 1 aromatic rings. The highest BCUT2D eigenvalue weighted by Gasteiger charge is 2.35. The van der Waals surface area contributed by atoms with E-state index < -0.39 is 9.84 Å². The van der Waals surface area contributed by atoms with Crippen molar-refractivity contribution in [1.29, 1.82) is 0 Å². The largest absolute Gasteiger partial charge is 0.383 e. The number of sulfone groups is 1. The molecule has 1 amide bonds. The van der Waals surface area contributed by atoms with Crippen molar-refractivity contribution < 1.29 is 17.9 Å². The Kier molecular flexibility index (Phi) is 5.22. The molecule has 112 valence electrons. The summed E-state index contributed by atoms with van der Waals surface area (Å²) in [5, 5.41) is 1.83. The van der Waals surface area contributed by atoms with Gasteiger partial charge < -0.3 is 9.64 Å². The Balaban J connectivity index is 2.20. The first-order valence-corrected chi connectivity index (χ1v) is 9.67. The Morgan fingerprint density at radius 2 is 2.35 bits per heavy atom. The lowest BCUT2D eigenvalue weighted by Gasteiger charge is -2.27. The molecule has 1 aliphatic rings. The molecule has 0 radical (unpaired) electrons. The number of nitrogens with zero attached hydrogens (tertiary/aromatic N) is 1. The highest BCUT2D eigenvalue weighted by atomic mass is 79.9. The Hall–Kier alpha value is -0.440. The van der Waals surface area contributed by atoms with Crippen molar-refractivity contribution in [2.75, 3.05) is 31.8 Å².